The molecular formula is C24H22N2O3. The maximum Gasteiger partial charge on any atom is 0.262 e. The van der Waals surface area contributed by atoms with Crippen molar-refractivity contribution in [3.05, 3.63) is 77.4 Å². The monoisotopic (exact) mass is 386 g/mol. The third kappa shape index (κ3) is 4.29. The summed E-state index contributed by atoms with van der Waals surface area (Å²) in [5.74, 6) is 1.03. The third-order valence-electron chi connectivity index (χ3n) is 4.81. The number of carbonyl (C=O) groups excluding carboxylic acids is 1. The zero-order valence-corrected chi connectivity index (χ0v) is 16.7. The van der Waals surface area contributed by atoms with Gasteiger partial charge in [-0.05, 0) is 86.0 Å². The summed E-state index contributed by atoms with van der Waals surface area (Å²) in [5, 5.41) is 2.84. The van der Waals surface area contributed by atoms with Crippen LogP contribution in [0.25, 0.3) is 22.6 Å². The molecular weight excluding hydrogens is 364 g/mol. The molecule has 0 aliphatic heterocycles. The van der Waals surface area contributed by atoms with Gasteiger partial charge in [0.1, 0.15) is 11.3 Å². The minimum absolute atomic E-state index is 0.0469. The van der Waals surface area contributed by atoms with Gasteiger partial charge in [-0.25, -0.2) is 4.98 Å². The number of ether oxygens (including phenoxy) is 1. The molecule has 1 amide bonds. The summed E-state index contributed by atoms with van der Waals surface area (Å²) >= 11 is 0. The second kappa shape index (κ2) is 7.80. The van der Waals surface area contributed by atoms with E-state index in [1.54, 1.807) is 0 Å². The molecule has 5 heteroatoms. The number of aromatic nitrogens is 1. The number of benzene rings is 3. The van der Waals surface area contributed by atoms with Gasteiger partial charge in [-0.1, -0.05) is 12.1 Å². The zero-order chi connectivity index (χ0) is 20.4. The number of fused-ring (bicyclic) bond motifs is 1. The van der Waals surface area contributed by atoms with Gasteiger partial charge in [-0.3, -0.25) is 4.79 Å². The molecule has 0 fully saturated rings. The highest BCUT2D eigenvalue weighted by Crippen LogP contribution is 2.26. The van der Waals surface area contributed by atoms with Gasteiger partial charge in [-0.2, -0.15) is 0 Å². The zero-order valence-electron chi connectivity index (χ0n) is 16.7. The van der Waals surface area contributed by atoms with Crippen LogP contribution in [-0.2, 0) is 4.79 Å². The van der Waals surface area contributed by atoms with Crippen LogP contribution in [0.1, 0.15) is 16.7 Å². The van der Waals surface area contributed by atoms with E-state index in [1.165, 1.54) is 5.56 Å². The molecule has 0 bridgehead atoms. The molecule has 0 saturated carbocycles. The number of hydrogen-bond donors (Lipinski definition) is 1. The lowest BCUT2D eigenvalue weighted by Crippen LogP contribution is -2.20. The fourth-order valence-electron chi connectivity index (χ4n) is 3.00. The Kier molecular flexibility index (Phi) is 5.04. The number of nitrogens with zero attached hydrogens (tertiary/aromatic N) is 1. The summed E-state index contributed by atoms with van der Waals surface area (Å²) in [6, 6.07) is 19.1. The van der Waals surface area contributed by atoms with Crippen molar-refractivity contribution in [2.24, 2.45) is 0 Å². The van der Waals surface area contributed by atoms with E-state index < -0.39 is 0 Å². The Labute approximate surface area is 169 Å². The molecule has 0 atom stereocenters. The Morgan fingerprint density at radius 3 is 2.52 bits per heavy atom. The van der Waals surface area contributed by atoms with Gasteiger partial charge in [0.15, 0.2) is 12.2 Å². The molecule has 0 unspecified atom stereocenters. The summed E-state index contributed by atoms with van der Waals surface area (Å²) in [5.41, 5.74) is 6.58. The van der Waals surface area contributed by atoms with E-state index in [-0.39, 0.29) is 12.5 Å². The van der Waals surface area contributed by atoms with E-state index in [4.69, 9.17) is 9.15 Å². The summed E-state index contributed by atoms with van der Waals surface area (Å²) in [7, 11) is 0. The molecule has 3 aromatic carbocycles. The van der Waals surface area contributed by atoms with E-state index in [0.29, 0.717) is 17.3 Å². The Morgan fingerprint density at radius 1 is 0.966 bits per heavy atom. The van der Waals surface area contributed by atoms with E-state index >= 15 is 0 Å². The maximum atomic E-state index is 12.2. The largest absolute Gasteiger partial charge is 0.484 e. The molecule has 4 rings (SSSR count). The number of carbonyl (C=O) groups is 1. The predicted molar refractivity (Wildman–Crippen MR) is 114 cm³/mol. The molecule has 1 aromatic heterocycles. The van der Waals surface area contributed by atoms with Crippen molar-refractivity contribution in [2.45, 2.75) is 20.8 Å². The van der Waals surface area contributed by atoms with Gasteiger partial charge < -0.3 is 14.5 Å². The van der Waals surface area contributed by atoms with Crippen LogP contribution in [0.4, 0.5) is 5.69 Å². The first-order valence-electron chi connectivity index (χ1n) is 9.45. The molecule has 0 radical (unpaired) electrons. The molecule has 1 heterocycles. The van der Waals surface area contributed by atoms with Crippen molar-refractivity contribution >= 4 is 22.7 Å². The Balaban J connectivity index is 1.39. The van der Waals surface area contributed by atoms with Crippen molar-refractivity contribution in [2.75, 3.05) is 11.9 Å². The lowest BCUT2D eigenvalue weighted by Gasteiger charge is -2.09. The molecule has 4 aromatic rings. The first kappa shape index (κ1) is 18.7. The van der Waals surface area contributed by atoms with Crippen LogP contribution in [-0.4, -0.2) is 17.5 Å². The van der Waals surface area contributed by atoms with Crippen molar-refractivity contribution < 1.29 is 13.9 Å². The molecule has 1 N–H and O–H groups in total. The number of nitrogens with one attached hydrogen (secondary N) is 1. The quantitative estimate of drug-likeness (QED) is 0.496. The fourth-order valence-corrected chi connectivity index (χ4v) is 3.00. The number of aryl methyl sites for hydroxylation is 3. The molecule has 29 heavy (non-hydrogen) atoms. The van der Waals surface area contributed by atoms with Crippen LogP contribution in [0, 0.1) is 20.8 Å². The van der Waals surface area contributed by atoms with Gasteiger partial charge in [0.2, 0.25) is 5.89 Å². The third-order valence-corrected chi connectivity index (χ3v) is 4.81. The Bertz CT molecular complexity index is 1180. The second-order valence-corrected chi connectivity index (χ2v) is 7.15. The minimum Gasteiger partial charge on any atom is -0.484 e. The molecule has 0 spiro atoms. The smallest absolute Gasteiger partial charge is 0.262 e. The van der Waals surface area contributed by atoms with Crippen LogP contribution in [0.15, 0.2) is 65.1 Å². The van der Waals surface area contributed by atoms with E-state index in [2.05, 4.69) is 10.3 Å². The fraction of sp³-hybridized carbons (Fsp3) is 0.167. The lowest BCUT2D eigenvalue weighted by atomic mass is 10.1. The summed E-state index contributed by atoms with van der Waals surface area (Å²) in [4.78, 5) is 16.7. The molecule has 0 aliphatic carbocycles. The topological polar surface area (TPSA) is 64.4 Å². The average Bonchev–Trinajstić information content (AvgIpc) is 3.12. The molecule has 146 valence electrons. The van der Waals surface area contributed by atoms with E-state index in [9.17, 15) is 4.79 Å². The van der Waals surface area contributed by atoms with Crippen molar-refractivity contribution in [1.82, 2.24) is 4.98 Å². The van der Waals surface area contributed by atoms with Crippen LogP contribution < -0.4 is 10.1 Å². The van der Waals surface area contributed by atoms with E-state index in [0.717, 1.165) is 27.8 Å². The van der Waals surface area contributed by atoms with Gasteiger partial charge >= 0.3 is 0 Å². The van der Waals surface area contributed by atoms with Gasteiger partial charge in [-0.15, -0.1) is 0 Å². The van der Waals surface area contributed by atoms with Crippen LogP contribution in [0.5, 0.6) is 5.75 Å². The van der Waals surface area contributed by atoms with Crippen molar-refractivity contribution in [3.8, 4) is 17.2 Å². The molecule has 0 saturated heterocycles. The van der Waals surface area contributed by atoms with Crippen LogP contribution >= 0.6 is 0 Å². The molecule has 0 aliphatic rings. The summed E-state index contributed by atoms with van der Waals surface area (Å²) < 4.78 is 11.4. The highest BCUT2D eigenvalue weighted by molar-refractivity contribution is 5.92. The van der Waals surface area contributed by atoms with Gasteiger partial charge in [0, 0.05) is 11.3 Å². The standard InChI is InChI=1S/C24H22N2O3/c1-15-4-11-21-22(12-15)29-24(26-21)18-6-8-19(9-7-18)25-23(27)14-28-20-10-5-16(2)17(3)13-20/h4-13H,14H2,1-3H3,(H,25,27). The first-order valence-corrected chi connectivity index (χ1v) is 9.45. The molecule has 5 nitrogen and oxygen atoms in total. The Hall–Kier alpha value is -3.60. The number of hydrogen-bond acceptors (Lipinski definition) is 4. The number of rotatable bonds is 5. The second-order valence-electron chi connectivity index (χ2n) is 7.15. The summed E-state index contributed by atoms with van der Waals surface area (Å²) in [6.45, 7) is 6.02. The number of anilines is 1. The van der Waals surface area contributed by atoms with Gasteiger partial charge in [0.25, 0.3) is 5.91 Å². The van der Waals surface area contributed by atoms with Crippen molar-refractivity contribution in [3.63, 3.8) is 0 Å². The minimum atomic E-state index is -0.215. The number of amides is 1. The number of oxazole rings is 1. The van der Waals surface area contributed by atoms with Crippen LogP contribution in [0.2, 0.25) is 0 Å². The highest BCUT2D eigenvalue weighted by Gasteiger charge is 2.09. The predicted octanol–water partition coefficient (Wildman–Crippen LogP) is 5.44. The van der Waals surface area contributed by atoms with Gasteiger partial charge in [0.05, 0.1) is 0 Å². The average molecular weight is 386 g/mol. The highest BCUT2D eigenvalue weighted by atomic mass is 16.5. The summed E-state index contributed by atoms with van der Waals surface area (Å²) in [6.07, 6.45) is 0. The van der Waals surface area contributed by atoms with Crippen LogP contribution in [0.3, 0.4) is 0 Å². The first-order chi connectivity index (χ1) is 14.0. The normalized spacial score (nSPS) is 10.9. The Morgan fingerprint density at radius 2 is 1.76 bits per heavy atom. The lowest BCUT2D eigenvalue weighted by molar-refractivity contribution is -0.118. The van der Waals surface area contributed by atoms with E-state index in [1.807, 2.05) is 81.4 Å². The maximum absolute atomic E-state index is 12.2. The SMILES string of the molecule is Cc1ccc2nc(-c3ccc(NC(=O)COc4ccc(C)c(C)c4)cc3)oc2c1. The van der Waals surface area contributed by atoms with Crippen molar-refractivity contribution in [1.29, 1.82) is 0 Å².